The first-order chi connectivity index (χ1) is 10.1. The smallest absolute Gasteiger partial charge is 0.123 e. The molecule has 2 aromatic carbocycles. The summed E-state index contributed by atoms with van der Waals surface area (Å²) in [6.45, 7) is 4.33. The van der Waals surface area contributed by atoms with Crippen molar-refractivity contribution in [1.82, 2.24) is 9.55 Å². The molecule has 0 saturated carbocycles. The lowest BCUT2D eigenvalue weighted by Gasteiger charge is -2.26. The van der Waals surface area contributed by atoms with E-state index in [0.717, 1.165) is 11.4 Å². The highest BCUT2D eigenvalue weighted by Gasteiger charge is 2.27. The van der Waals surface area contributed by atoms with Gasteiger partial charge in [0.1, 0.15) is 5.82 Å². The molecule has 0 bridgehead atoms. The summed E-state index contributed by atoms with van der Waals surface area (Å²) in [5.41, 5.74) is 3.01. The van der Waals surface area contributed by atoms with Gasteiger partial charge in [0.15, 0.2) is 0 Å². The topological polar surface area (TPSA) is 17.8 Å². The van der Waals surface area contributed by atoms with Crippen LogP contribution in [-0.2, 0) is 5.41 Å². The fourth-order valence-corrected chi connectivity index (χ4v) is 2.57. The minimum atomic E-state index is -0.234. The van der Waals surface area contributed by atoms with Crippen LogP contribution in [0.1, 0.15) is 25.1 Å². The Morgan fingerprint density at radius 1 is 0.952 bits per heavy atom. The number of imidazole rings is 1. The van der Waals surface area contributed by atoms with Crippen LogP contribution in [0.5, 0.6) is 0 Å². The van der Waals surface area contributed by atoms with E-state index in [1.165, 1.54) is 17.7 Å². The summed E-state index contributed by atoms with van der Waals surface area (Å²) >= 11 is 0. The van der Waals surface area contributed by atoms with E-state index in [4.69, 9.17) is 0 Å². The van der Waals surface area contributed by atoms with Crippen LogP contribution in [0.25, 0.3) is 5.69 Å². The molecular formula is C18H17FN2. The highest BCUT2D eigenvalue weighted by atomic mass is 19.1. The van der Waals surface area contributed by atoms with E-state index in [1.807, 2.05) is 29.0 Å². The van der Waals surface area contributed by atoms with Crippen LogP contribution in [0, 0.1) is 5.82 Å². The van der Waals surface area contributed by atoms with Gasteiger partial charge in [0.25, 0.3) is 0 Å². The number of halogens is 1. The molecule has 1 aromatic heterocycles. The molecule has 3 rings (SSSR count). The molecule has 3 aromatic rings. The van der Waals surface area contributed by atoms with E-state index in [0.29, 0.717) is 0 Å². The molecule has 1 heterocycles. The number of aromatic nitrogens is 2. The van der Waals surface area contributed by atoms with Gasteiger partial charge in [-0.25, -0.2) is 9.37 Å². The Hall–Kier alpha value is -2.42. The summed E-state index contributed by atoms with van der Waals surface area (Å²) in [5.74, 6) is -0.234. The van der Waals surface area contributed by atoms with Crippen molar-refractivity contribution in [3.05, 3.63) is 84.2 Å². The van der Waals surface area contributed by atoms with Crippen molar-refractivity contribution in [2.45, 2.75) is 19.3 Å². The summed E-state index contributed by atoms with van der Waals surface area (Å²) in [7, 11) is 0. The Labute approximate surface area is 123 Å². The number of benzene rings is 2. The Balaban J connectivity index is 2.08. The molecule has 0 N–H and O–H groups in total. The molecule has 106 valence electrons. The third kappa shape index (κ3) is 2.47. The molecular weight excluding hydrogens is 263 g/mol. The standard InChI is InChI=1S/C18H17FN2/c1-18(2,14-6-4-3-5-7-14)17-12-20-13-21(17)16-10-8-15(19)9-11-16/h3-13H,1-2H3. The molecule has 21 heavy (non-hydrogen) atoms. The molecule has 0 aliphatic heterocycles. The average molecular weight is 280 g/mol. The zero-order valence-corrected chi connectivity index (χ0v) is 12.1. The molecule has 0 radical (unpaired) electrons. The molecule has 0 amide bonds. The van der Waals surface area contributed by atoms with Crippen molar-refractivity contribution < 1.29 is 4.39 Å². The van der Waals surface area contributed by atoms with Gasteiger partial charge in [-0.1, -0.05) is 44.2 Å². The Kier molecular flexibility index (Phi) is 3.34. The van der Waals surface area contributed by atoms with E-state index in [-0.39, 0.29) is 11.2 Å². The van der Waals surface area contributed by atoms with Gasteiger partial charge in [-0.2, -0.15) is 0 Å². The summed E-state index contributed by atoms with van der Waals surface area (Å²) < 4.78 is 15.1. The van der Waals surface area contributed by atoms with Crippen LogP contribution in [0.4, 0.5) is 4.39 Å². The summed E-state index contributed by atoms with van der Waals surface area (Å²) in [6.07, 6.45) is 3.64. The molecule has 0 fully saturated rings. The van der Waals surface area contributed by atoms with Crippen molar-refractivity contribution in [1.29, 1.82) is 0 Å². The van der Waals surface area contributed by atoms with Gasteiger partial charge in [0.2, 0.25) is 0 Å². The maximum atomic E-state index is 13.1. The molecule has 0 aliphatic carbocycles. The van der Waals surface area contributed by atoms with E-state index in [2.05, 4.69) is 31.0 Å². The molecule has 0 saturated heterocycles. The minimum absolute atomic E-state index is 0.188. The summed E-state index contributed by atoms with van der Waals surface area (Å²) in [5, 5.41) is 0. The van der Waals surface area contributed by atoms with Crippen molar-refractivity contribution >= 4 is 0 Å². The Morgan fingerprint density at radius 3 is 2.29 bits per heavy atom. The Bertz CT molecular complexity index is 727. The van der Waals surface area contributed by atoms with Gasteiger partial charge >= 0.3 is 0 Å². The summed E-state index contributed by atoms with van der Waals surface area (Å²) in [6, 6.07) is 16.8. The van der Waals surface area contributed by atoms with E-state index in [1.54, 1.807) is 18.5 Å². The summed E-state index contributed by atoms with van der Waals surface area (Å²) in [4.78, 5) is 4.28. The predicted octanol–water partition coefficient (Wildman–Crippen LogP) is 4.34. The fraction of sp³-hybridized carbons (Fsp3) is 0.167. The fourth-order valence-electron chi connectivity index (χ4n) is 2.57. The van der Waals surface area contributed by atoms with Gasteiger partial charge in [0, 0.05) is 17.3 Å². The normalized spacial score (nSPS) is 11.6. The zero-order valence-electron chi connectivity index (χ0n) is 12.1. The zero-order chi connectivity index (χ0) is 14.9. The van der Waals surface area contributed by atoms with Crippen molar-refractivity contribution in [2.24, 2.45) is 0 Å². The molecule has 0 unspecified atom stereocenters. The largest absolute Gasteiger partial charge is 0.302 e. The predicted molar refractivity (Wildman–Crippen MR) is 82.1 cm³/mol. The lowest BCUT2D eigenvalue weighted by atomic mass is 9.81. The highest BCUT2D eigenvalue weighted by molar-refractivity contribution is 5.40. The third-order valence-corrected chi connectivity index (χ3v) is 3.88. The highest BCUT2D eigenvalue weighted by Crippen LogP contribution is 2.32. The van der Waals surface area contributed by atoms with Gasteiger partial charge in [-0.05, 0) is 29.8 Å². The van der Waals surface area contributed by atoms with Crippen LogP contribution in [-0.4, -0.2) is 9.55 Å². The van der Waals surface area contributed by atoms with E-state index in [9.17, 15) is 4.39 Å². The second kappa shape index (κ2) is 5.17. The second-order valence-electron chi connectivity index (χ2n) is 5.62. The molecule has 2 nitrogen and oxygen atoms in total. The van der Waals surface area contributed by atoms with Crippen molar-refractivity contribution in [3.63, 3.8) is 0 Å². The number of hydrogen-bond donors (Lipinski definition) is 0. The third-order valence-electron chi connectivity index (χ3n) is 3.88. The average Bonchev–Trinajstić information content (AvgIpc) is 2.99. The lowest BCUT2D eigenvalue weighted by Crippen LogP contribution is -2.22. The maximum Gasteiger partial charge on any atom is 0.123 e. The first kappa shape index (κ1) is 13.6. The Morgan fingerprint density at radius 2 is 1.62 bits per heavy atom. The second-order valence-corrected chi connectivity index (χ2v) is 5.62. The lowest BCUT2D eigenvalue weighted by molar-refractivity contribution is 0.601. The van der Waals surface area contributed by atoms with E-state index >= 15 is 0 Å². The van der Waals surface area contributed by atoms with Gasteiger partial charge < -0.3 is 4.57 Å². The molecule has 0 aliphatic rings. The first-order valence-electron chi connectivity index (χ1n) is 6.93. The minimum Gasteiger partial charge on any atom is -0.302 e. The quantitative estimate of drug-likeness (QED) is 0.698. The van der Waals surface area contributed by atoms with Crippen LogP contribution < -0.4 is 0 Å². The molecule has 3 heteroatoms. The van der Waals surface area contributed by atoms with Crippen LogP contribution in [0.15, 0.2) is 67.1 Å². The maximum absolute atomic E-state index is 13.1. The van der Waals surface area contributed by atoms with Gasteiger partial charge in [-0.3, -0.25) is 0 Å². The SMILES string of the molecule is CC(C)(c1ccccc1)c1cncn1-c1ccc(F)cc1. The number of nitrogens with zero attached hydrogens (tertiary/aromatic N) is 2. The van der Waals surface area contributed by atoms with Gasteiger partial charge in [0.05, 0.1) is 12.0 Å². The molecule has 0 atom stereocenters. The van der Waals surface area contributed by atoms with Crippen LogP contribution >= 0.6 is 0 Å². The number of rotatable bonds is 3. The van der Waals surface area contributed by atoms with Crippen LogP contribution in [0.3, 0.4) is 0 Å². The molecule has 0 spiro atoms. The van der Waals surface area contributed by atoms with Crippen LogP contribution in [0.2, 0.25) is 0 Å². The number of hydrogen-bond acceptors (Lipinski definition) is 1. The van der Waals surface area contributed by atoms with Crippen molar-refractivity contribution in [3.8, 4) is 5.69 Å². The van der Waals surface area contributed by atoms with Gasteiger partial charge in [-0.15, -0.1) is 0 Å². The monoisotopic (exact) mass is 280 g/mol. The van der Waals surface area contributed by atoms with Crippen molar-refractivity contribution in [2.75, 3.05) is 0 Å². The van der Waals surface area contributed by atoms with E-state index < -0.39 is 0 Å². The first-order valence-corrected chi connectivity index (χ1v) is 6.93.